The van der Waals surface area contributed by atoms with E-state index in [0.717, 1.165) is 23.8 Å². The van der Waals surface area contributed by atoms with Gasteiger partial charge in [0.15, 0.2) is 5.82 Å². The van der Waals surface area contributed by atoms with Crippen molar-refractivity contribution in [2.45, 2.75) is 31.8 Å². The standard InChI is InChI=1S/C17H24N4S/c1-20(2)15-6-3-4-8-21(13-15)12-14-10-18-17(19-11-14)16-7-5-9-22-16/h5,7,9-11,15H,3-4,6,8,12-13H2,1-2H3/t15-/m0/s1. The summed E-state index contributed by atoms with van der Waals surface area (Å²) in [5.41, 5.74) is 1.21. The van der Waals surface area contributed by atoms with Gasteiger partial charge >= 0.3 is 0 Å². The summed E-state index contributed by atoms with van der Waals surface area (Å²) >= 11 is 1.68. The molecule has 1 aliphatic heterocycles. The van der Waals surface area contributed by atoms with Gasteiger partial charge in [0, 0.05) is 37.1 Å². The lowest BCUT2D eigenvalue weighted by molar-refractivity contribution is 0.191. The maximum atomic E-state index is 4.53. The number of likely N-dealkylation sites (tertiary alicyclic amines) is 1. The molecule has 0 bridgehead atoms. The van der Waals surface area contributed by atoms with E-state index in [2.05, 4.69) is 45.3 Å². The Bertz CT molecular complexity index is 565. The average molecular weight is 316 g/mol. The van der Waals surface area contributed by atoms with Crippen molar-refractivity contribution in [1.82, 2.24) is 19.8 Å². The minimum absolute atomic E-state index is 0.661. The van der Waals surface area contributed by atoms with Crippen LogP contribution >= 0.6 is 11.3 Å². The highest BCUT2D eigenvalue weighted by molar-refractivity contribution is 7.13. The SMILES string of the molecule is CN(C)[C@H]1CCCCN(Cc2cnc(-c3cccs3)nc2)C1. The second-order valence-electron chi connectivity index (χ2n) is 6.24. The van der Waals surface area contributed by atoms with E-state index >= 15 is 0 Å². The predicted molar refractivity (Wildman–Crippen MR) is 91.9 cm³/mol. The molecule has 2 aromatic heterocycles. The largest absolute Gasteiger partial charge is 0.305 e. The zero-order valence-corrected chi connectivity index (χ0v) is 14.2. The summed E-state index contributed by atoms with van der Waals surface area (Å²) < 4.78 is 0. The normalized spacial score (nSPS) is 20.2. The van der Waals surface area contributed by atoms with Gasteiger partial charge in [-0.05, 0) is 44.9 Å². The minimum atomic E-state index is 0.661. The Morgan fingerprint density at radius 2 is 2.09 bits per heavy atom. The Balaban J connectivity index is 1.64. The highest BCUT2D eigenvalue weighted by Crippen LogP contribution is 2.21. The van der Waals surface area contributed by atoms with Gasteiger partial charge in [0.2, 0.25) is 0 Å². The average Bonchev–Trinajstić information content (AvgIpc) is 2.95. The Kier molecular flexibility index (Phi) is 5.18. The summed E-state index contributed by atoms with van der Waals surface area (Å²) in [5.74, 6) is 0.834. The van der Waals surface area contributed by atoms with Crippen LogP contribution in [0.5, 0.6) is 0 Å². The quantitative estimate of drug-likeness (QED) is 0.867. The van der Waals surface area contributed by atoms with E-state index in [-0.39, 0.29) is 0 Å². The number of hydrogen-bond donors (Lipinski definition) is 0. The van der Waals surface area contributed by atoms with Crippen LogP contribution in [0.25, 0.3) is 10.7 Å². The molecule has 0 N–H and O–H groups in total. The highest BCUT2D eigenvalue weighted by atomic mass is 32.1. The number of hydrogen-bond acceptors (Lipinski definition) is 5. The van der Waals surface area contributed by atoms with Crippen LogP contribution < -0.4 is 0 Å². The molecule has 0 unspecified atom stereocenters. The zero-order valence-electron chi connectivity index (χ0n) is 13.4. The first-order valence-corrected chi connectivity index (χ1v) is 8.84. The lowest BCUT2D eigenvalue weighted by atomic mass is 10.1. The third kappa shape index (κ3) is 3.91. The number of nitrogens with zero attached hydrogens (tertiary/aromatic N) is 4. The van der Waals surface area contributed by atoms with Gasteiger partial charge in [-0.25, -0.2) is 9.97 Å². The molecule has 1 saturated heterocycles. The third-order valence-corrected chi connectivity index (χ3v) is 5.18. The second-order valence-corrected chi connectivity index (χ2v) is 7.19. The fourth-order valence-electron chi connectivity index (χ4n) is 2.99. The van der Waals surface area contributed by atoms with Crippen molar-refractivity contribution in [3.8, 4) is 10.7 Å². The molecule has 22 heavy (non-hydrogen) atoms. The molecule has 1 fully saturated rings. The van der Waals surface area contributed by atoms with Crippen molar-refractivity contribution < 1.29 is 0 Å². The van der Waals surface area contributed by atoms with Crippen LogP contribution in [0.2, 0.25) is 0 Å². The molecule has 0 spiro atoms. The topological polar surface area (TPSA) is 32.3 Å². The molecule has 5 heteroatoms. The van der Waals surface area contributed by atoms with E-state index in [4.69, 9.17) is 0 Å². The Labute approximate surface area is 136 Å². The molecule has 1 atom stereocenters. The molecule has 0 aliphatic carbocycles. The van der Waals surface area contributed by atoms with E-state index in [1.54, 1.807) is 11.3 Å². The molecule has 3 heterocycles. The number of thiophene rings is 1. The molecular formula is C17H24N4S. The molecule has 3 rings (SSSR count). The number of aromatic nitrogens is 2. The Hall–Kier alpha value is -1.30. The first-order valence-electron chi connectivity index (χ1n) is 7.96. The van der Waals surface area contributed by atoms with Crippen LogP contribution in [0.1, 0.15) is 24.8 Å². The monoisotopic (exact) mass is 316 g/mol. The van der Waals surface area contributed by atoms with Crippen molar-refractivity contribution in [3.05, 3.63) is 35.5 Å². The van der Waals surface area contributed by atoms with Gasteiger partial charge in [-0.15, -0.1) is 11.3 Å². The van der Waals surface area contributed by atoms with Crippen LogP contribution in [-0.4, -0.2) is 53.0 Å². The molecule has 118 valence electrons. The summed E-state index contributed by atoms with van der Waals surface area (Å²) in [6.45, 7) is 3.27. The lowest BCUT2D eigenvalue weighted by Gasteiger charge is -2.28. The fourth-order valence-corrected chi connectivity index (χ4v) is 3.66. The minimum Gasteiger partial charge on any atom is -0.305 e. The molecule has 4 nitrogen and oxygen atoms in total. The van der Waals surface area contributed by atoms with Crippen LogP contribution in [-0.2, 0) is 6.54 Å². The highest BCUT2D eigenvalue weighted by Gasteiger charge is 2.19. The van der Waals surface area contributed by atoms with Gasteiger partial charge in [-0.2, -0.15) is 0 Å². The van der Waals surface area contributed by atoms with Gasteiger partial charge in [0.05, 0.1) is 4.88 Å². The summed E-state index contributed by atoms with van der Waals surface area (Å²) in [6.07, 6.45) is 7.89. The molecule has 1 aliphatic rings. The molecular weight excluding hydrogens is 292 g/mol. The van der Waals surface area contributed by atoms with Crippen LogP contribution in [0.3, 0.4) is 0 Å². The van der Waals surface area contributed by atoms with Crippen LogP contribution in [0.4, 0.5) is 0 Å². The van der Waals surface area contributed by atoms with Gasteiger partial charge in [-0.3, -0.25) is 4.90 Å². The number of likely N-dealkylation sites (N-methyl/N-ethyl adjacent to an activating group) is 1. The van der Waals surface area contributed by atoms with Gasteiger partial charge in [0.25, 0.3) is 0 Å². The van der Waals surface area contributed by atoms with Crippen molar-refractivity contribution in [1.29, 1.82) is 0 Å². The Morgan fingerprint density at radius 3 is 2.77 bits per heavy atom. The summed E-state index contributed by atoms with van der Waals surface area (Å²) in [6, 6.07) is 4.76. The molecule has 0 amide bonds. The smallest absolute Gasteiger partial charge is 0.169 e. The zero-order chi connectivity index (χ0) is 15.4. The summed E-state index contributed by atoms with van der Waals surface area (Å²) in [5, 5.41) is 2.06. The van der Waals surface area contributed by atoms with E-state index < -0.39 is 0 Å². The van der Waals surface area contributed by atoms with Gasteiger partial charge < -0.3 is 4.90 Å². The summed E-state index contributed by atoms with van der Waals surface area (Å²) in [7, 11) is 4.38. The van der Waals surface area contributed by atoms with E-state index in [0.29, 0.717) is 6.04 Å². The van der Waals surface area contributed by atoms with Crippen molar-refractivity contribution in [2.24, 2.45) is 0 Å². The maximum absolute atomic E-state index is 4.53. The first-order chi connectivity index (χ1) is 10.7. The van der Waals surface area contributed by atoms with Crippen molar-refractivity contribution in [2.75, 3.05) is 27.2 Å². The van der Waals surface area contributed by atoms with Crippen LogP contribution in [0, 0.1) is 0 Å². The third-order valence-electron chi connectivity index (χ3n) is 4.31. The van der Waals surface area contributed by atoms with Gasteiger partial charge in [-0.1, -0.05) is 12.5 Å². The lowest BCUT2D eigenvalue weighted by Crippen LogP contribution is -2.38. The number of rotatable bonds is 4. The van der Waals surface area contributed by atoms with E-state index in [1.807, 2.05) is 18.5 Å². The molecule has 0 saturated carbocycles. The molecule has 2 aromatic rings. The maximum Gasteiger partial charge on any atom is 0.169 e. The molecule has 0 aromatic carbocycles. The van der Waals surface area contributed by atoms with Crippen LogP contribution in [0.15, 0.2) is 29.9 Å². The summed E-state index contributed by atoms with van der Waals surface area (Å²) in [4.78, 5) is 15.1. The fraction of sp³-hybridized carbons (Fsp3) is 0.529. The van der Waals surface area contributed by atoms with Crippen molar-refractivity contribution >= 4 is 11.3 Å². The molecule has 0 radical (unpaired) electrons. The second kappa shape index (κ2) is 7.31. The van der Waals surface area contributed by atoms with E-state index in [1.165, 1.54) is 31.4 Å². The first kappa shape index (κ1) is 15.6. The Morgan fingerprint density at radius 1 is 1.27 bits per heavy atom. The van der Waals surface area contributed by atoms with E-state index in [9.17, 15) is 0 Å². The predicted octanol–water partition coefficient (Wildman–Crippen LogP) is 3.12. The van der Waals surface area contributed by atoms with Gasteiger partial charge in [0.1, 0.15) is 0 Å². The van der Waals surface area contributed by atoms with Crippen molar-refractivity contribution in [3.63, 3.8) is 0 Å².